The number of rotatable bonds is 2. The van der Waals surface area contributed by atoms with Crippen molar-refractivity contribution in [3.63, 3.8) is 0 Å². The molecule has 130 valence electrons. The van der Waals surface area contributed by atoms with Crippen LogP contribution < -0.4 is 5.63 Å². The molecule has 0 atom stereocenters. The summed E-state index contributed by atoms with van der Waals surface area (Å²) in [4.78, 5) is 17.0. The molecule has 0 amide bonds. The van der Waals surface area contributed by atoms with Crippen LogP contribution >= 0.6 is 11.3 Å². The highest BCUT2D eigenvalue weighted by Crippen LogP contribution is 2.31. The molecule has 27 heavy (non-hydrogen) atoms. The Balaban J connectivity index is 1.60. The Morgan fingerprint density at radius 3 is 2.59 bits per heavy atom. The van der Waals surface area contributed by atoms with E-state index in [0.717, 1.165) is 22.0 Å². The fraction of sp³-hybridized carbons (Fsp3) is 0. The minimum absolute atomic E-state index is 0.0613. The second-order valence-corrected chi connectivity index (χ2v) is 7.13. The molecule has 1 N–H and O–H groups in total. The Labute approximate surface area is 158 Å². The molecular weight excluding hydrogens is 358 g/mol. The highest BCUT2D eigenvalue weighted by molar-refractivity contribution is 7.13. The van der Waals surface area contributed by atoms with Gasteiger partial charge in [0, 0.05) is 22.4 Å². The van der Waals surface area contributed by atoms with E-state index in [1.165, 1.54) is 22.8 Å². The van der Waals surface area contributed by atoms with Gasteiger partial charge in [0.15, 0.2) is 0 Å². The second kappa shape index (κ2) is 6.07. The van der Waals surface area contributed by atoms with Crippen molar-refractivity contribution in [1.82, 2.24) is 4.98 Å². The number of fused-ring (bicyclic) bond motifs is 2. The van der Waals surface area contributed by atoms with Crippen molar-refractivity contribution in [3.8, 4) is 27.6 Å². The van der Waals surface area contributed by atoms with Crippen molar-refractivity contribution in [3.05, 3.63) is 82.5 Å². The molecule has 0 bridgehead atoms. The zero-order valence-corrected chi connectivity index (χ0v) is 14.9. The van der Waals surface area contributed by atoms with Crippen LogP contribution in [0.5, 0.6) is 5.75 Å². The van der Waals surface area contributed by atoms with Gasteiger partial charge in [0.25, 0.3) is 0 Å². The number of hydrogen-bond donors (Lipinski definition) is 1. The summed E-state index contributed by atoms with van der Waals surface area (Å²) in [7, 11) is 0. The van der Waals surface area contributed by atoms with E-state index >= 15 is 0 Å². The molecule has 0 radical (unpaired) electrons. The van der Waals surface area contributed by atoms with E-state index in [1.54, 1.807) is 18.2 Å². The Hall–Kier alpha value is -3.44. The van der Waals surface area contributed by atoms with Crippen LogP contribution in [0.3, 0.4) is 0 Å². The molecule has 0 aliphatic heterocycles. The standard InChI is InChI=1S/C22H13NO3S/c24-17-8-7-16-10-18(22(25)26-20(16)11-17)21-23-19(12-27-21)15-6-5-13-3-1-2-4-14(13)9-15/h1-12,24H. The van der Waals surface area contributed by atoms with Crippen molar-refractivity contribution in [1.29, 1.82) is 0 Å². The molecule has 0 aliphatic rings. The van der Waals surface area contributed by atoms with E-state index in [-0.39, 0.29) is 5.75 Å². The van der Waals surface area contributed by atoms with Crippen LogP contribution in [0.25, 0.3) is 43.6 Å². The van der Waals surface area contributed by atoms with Gasteiger partial charge < -0.3 is 9.52 Å². The molecule has 0 aliphatic carbocycles. The van der Waals surface area contributed by atoms with Gasteiger partial charge >= 0.3 is 5.63 Å². The normalized spacial score (nSPS) is 11.3. The molecule has 2 aromatic heterocycles. The van der Waals surface area contributed by atoms with Gasteiger partial charge in [-0.2, -0.15) is 0 Å². The number of phenolic OH excluding ortho intramolecular Hbond substituents is 1. The van der Waals surface area contributed by atoms with E-state index in [9.17, 15) is 9.90 Å². The van der Waals surface area contributed by atoms with Crippen LogP contribution in [0.1, 0.15) is 0 Å². The van der Waals surface area contributed by atoms with Gasteiger partial charge in [0.1, 0.15) is 16.3 Å². The Morgan fingerprint density at radius 2 is 1.70 bits per heavy atom. The van der Waals surface area contributed by atoms with Crippen molar-refractivity contribution in [2.24, 2.45) is 0 Å². The van der Waals surface area contributed by atoms with Gasteiger partial charge in [0.2, 0.25) is 0 Å². The van der Waals surface area contributed by atoms with Gasteiger partial charge in [-0.15, -0.1) is 11.3 Å². The summed E-state index contributed by atoms with van der Waals surface area (Å²) in [6, 6.07) is 20.8. The summed E-state index contributed by atoms with van der Waals surface area (Å²) in [6.07, 6.45) is 0. The maximum atomic E-state index is 12.4. The number of thiazole rings is 1. The van der Waals surface area contributed by atoms with Crippen molar-refractivity contribution < 1.29 is 9.52 Å². The average Bonchev–Trinajstić information content (AvgIpc) is 3.17. The molecule has 5 heteroatoms. The molecule has 5 rings (SSSR count). The van der Waals surface area contributed by atoms with Crippen LogP contribution in [0.4, 0.5) is 0 Å². The molecule has 0 spiro atoms. The zero-order valence-electron chi connectivity index (χ0n) is 14.0. The summed E-state index contributed by atoms with van der Waals surface area (Å²) >= 11 is 1.41. The largest absolute Gasteiger partial charge is 0.508 e. The highest BCUT2D eigenvalue weighted by atomic mass is 32.1. The topological polar surface area (TPSA) is 63.3 Å². The molecule has 0 saturated heterocycles. The number of aromatic hydroxyl groups is 1. The Kier molecular flexibility index (Phi) is 3.55. The lowest BCUT2D eigenvalue weighted by Gasteiger charge is -2.01. The third-order valence-electron chi connectivity index (χ3n) is 4.50. The summed E-state index contributed by atoms with van der Waals surface area (Å²) in [5.74, 6) is 0.0613. The van der Waals surface area contributed by atoms with Gasteiger partial charge in [-0.05, 0) is 35.0 Å². The van der Waals surface area contributed by atoms with Gasteiger partial charge in [0.05, 0.1) is 11.3 Å². The number of benzene rings is 3. The highest BCUT2D eigenvalue weighted by Gasteiger charge is 2.13. The van der Waals surface area contributed by atoms with Gasteiger partial charge in [-0.3, -0.25) is 0 Å². The lowest BCUT2D eigenvalue weighted by Crippen LogP contribution is -2.02. The van der Waals surface area contributed by atoms with E-state index in [1.807, 2.05) is 23.6 Å². The van der Waals surface area contributed by atoms with Crippen molar-refractivity contribution in [2.75, 3.05) is 0 Å². The number of nitrogens with zero attached hydrogens (tertiary/aromatic N) is 1. The minimum atomic E-state index is -0.465. The first-order valence-electron chi connectivity index (χ1n) is 8.39. The first kappa shape index (κ1) is 15.8. The molecule has 2 heterocycles. The van der Waals surface area contributed by atoms with Gasteiger partial charge in [-0.25, -0.2) is 9.78 Å². The quantitative estimate of drug-likeness (QED) is 0.420. The average molecular weight is 371 g/mol. The Morgan fingerprint density at radius 1 is 0.889 bits per heavy atom. The van der Waals surface area contributed by atoms with Crippen LogP contribution in [-0.4, -0.2) is 10.1 Å². The summed E-state index contributed by atoms with van der Waals surface area (Å²) in [6.45, 7) is 0. The molecule has 0 saturated carbocycles. The van der Waals surface area contributed by atoms with Crippen molar-refractivity contribution in [2.45, 2.75) is 0 Å². The van der Waals surface area contributed by atoms with Crippen LogP contribution in [0, 0.1) is 0 Å². The predicted molar refractivity (Wildman–Crippen MR) is 108 cm³/mol. The maximum absolute atomic E-state index is 12.4. The van der Waals surface area contributed by atoms with Crippen LogP contribution in [0.15, 0.2) is 81.3 Å². The first-order chi connectivity index (χ1) is 13.2. The molecule has 0 fully saturated rings. The number of hydrogen-bond acceptors (Lipinski definition) is 5. The van der Waals surface area contributed by atoms with E-state index in [4.69, 9.17) is 4.42 Å². The van der Waals surface area contributed by atoms with Gasteiger partial charge in [-0.1, -0.05) is 36.4 Å². The van der Waals surface area contributed by atoms with E-state index in [0.29, 0.717) is 16.2 Å². The molecule has 5 aromatic rings. The summed E-state index contributed by atoms with van der Waals surface area (Å²) < 4.78 is 5.35. The number of aromatic nitrogens is 1. The third kappa shape index (κ3) is 2.78. The summed E-state index contributed by atoms with van der Waals surface area (Å²) in [5.41, 5.74) is 2.14. The van der Waals surface area contributed by atoms with Crippen molar-refractivity contribution >= 4 is 33.1 Å². The predicted octanol–water partition coefficient (Wildman–Crippen LogP) is 5.44. The minimum Gasteiger partial charge on any atom is -0.508 e. The first-order valence-corrected chi connectivity index (χ1v) is 9.27. The SMILES string of the molecule is O=c1oc2cc(O)ccc2cc1-c1nc(-c2ccc3ccccc3c2)cs1. The molecule has 4 nitrogen and oxygen atoms in total. The van der Waals surface area contributed by atoms with E-state index in [2.05, 4.69) is 29.2 Å². The fourth-order valence-corrected chi connectivity index (χ4v) is 3.96. The lowest BCUT2D eigenvalue weighted by atomic mass is 10.1. The summed E-state index contributed by atoms with van der Waals surface area (Å²) in [5, 5.41) is 15.2. The smallest absolute Gasteiger partial charge is 0.346 e. The van der Waals surface area contributed by atoms with Crippen LogP contribution in [-0.2, 0) is 0 Å². The lowest BCUT2D eigenvalue weighted by molar-refractivity contribution is 0.473. The number of phenols is 1. The Bertz CT molecular complexity index is 1370. The third-order valence-corrected chi connectivity index (χ3v) is 5.37. The maximum Gasteiger partial charge on any atom is 0.346 e. The fourth-order valence-electron chi connectivity index (χ4n) is 3.13. The molecule has 3 aromatic carbocycles. The second-order valence-electron chi connectivity index (χ2n) is 6.27. The van der Waals surface area contributed by atoms with E-state index < -0.39 is 5.63 Å². The zero-order chi connectivity index (χ0) is 18.4. The molecule has 0 unspecified atom stereocenters. The molecular formula is C22H13NO3S. The van der Waals surface area contributed by atoms with Crippen LogP contribution in [0.2, 0.25) is 0 Å². The monoisotopic (exact) mass is 371 g/mol.